The van der Waals surface area contributed by atoms with Gasteiger partial charge in [-0.3, -0.25) is 0 Å². The zero-order valence-corrected chi connectivity index (χ0v) is 19.4. The molecule has 0 fully saturated rings. The van der Waals surface area contributed by atoms with E-state index in [-0.39, 0.29) is 0 Å². The van der Waals surface area contributed by atoms with Crippen molar-refractivity contribution in [2.75, 3.05) is 0 Å². The predicted octanol–water partition coefficient (Wildman–Crippen LogP) is 9.74. The monoisotopic (exact) mass is 432 g/mol. The smallest absolute Gasteiger partial charge is 0.00201 e. The van der Waals surface area contributed by atoms with Crippen molar-refractivity contribution in [2.24, 2.45) is 0 Å². The van der Waals surface area contributed by atoms with Gasteiger partial charge in [-0.05, 0) is 90.7 Å². The van der Waals surface area contributed by atoms with E-state index in [0.29, 0.717) is 0 Å². The summed E-state index contributed by atoms with van der Waals surface area (Å²) in [4.78, 5) is 0. The van der Waals surface area contributed by atoms with Crippen LogP contribution in [0, 0.1) is 0 Å². The second-order valence-corrected chi connectivity index (χ2v) is 9.35. The van der Waals surface area contributed by atoms with Crippen molar-refractivity contribution in [3.05, 3.63) is 120 Å². The minimum Gasteiger partial charge on any atom is -0.0622 e. The van der Waals surface area contributed by atoms with Crippen LogP contribution < -0.4 is 0 Å². The lowest BCUT2D eigenvalue weighted by atomic mass is 9.84. The molecule has 6 aromatic carbocycles. The van der Waals surface area contributed by atoms with E-state index in [9.17, 15) is 0 Å². The third kappa shape index (κ3) is 2.54. The molecule has 0 nitrogen and oxygen atoms in total. The van der Waals surface area contributed by atoms with Gasteiger partial charge in [0.25, 0.3) is 0 Å². The van der Waals surface area contributed by atoms with Gasteiger partial charge in [0.1, 0.15) is 0 Å². The molecule has 34 heavy (non-hydrogen) atoms. The largest absolute Gasteiger partial charge is 0.0622 e. The molecule has 0 heterocycles. The highest BCUT2D eigenvalue weighted by molar-refractivity contribution is 6.25. The Hall–Kier alpha value is -4.16. The fourth-order valence-electron chi connectivity index (χ4n) is 5.99. The van der Waals surface area contributed by atoms with Crippen molar-refractivity contribution in [1.29, 1.82) is 0 Å². The fourth-order valence-corrected chi connectivity index (χ4v) is 5.99. The third-order valence-corrected chi connectivity index (χ3v) is 7.67. The van der Waals surface area contributed by atoms with E-state index in [1.54, 1.807) is 0 Å². The molecule has 0 saturated heterocycles. The summed E-state index contributed by atoms with van der Waals surface area (Å²) < 4.78 is 0. The number of fused-ring (bicyclic) bond motifs is 2. The van der Waals surface area contributed by atoms with Gasteiger partial charge in [-0.15, -0.1) is 0 Å². The zero-order chi connectivity index (χ0) is 22.8. The quantitative estimate of drug-likeness (QED) is 0.239. The topological polar surface area (TPSA) is 0 Å². The summed E-state index contributed by atoms with van der Waals surface area (Å²) >= 11 is 0. The van der Waals surface area contributed by atoms with Gasteiger partial charge >= 0.3 is 0 Å². The number of benzene rings is 6. The minimum absolute atomic E-state index is 1.26. The molecule has 160 valence electrons. The lowest BCUT2D eigenvalue weighted by molar-refractivity contribution is 1.64. The van der Waals surface area contributed by atoms with Crippen LogP contribution in [-0.2, 0) is 0 Å². The van der Waals surface area contributed by atoms with Crippen molar-refractivity contribution in [3.8, 4) is 22.3 Å². The Kier molecular flexibility index (Phi) is 4.07. The molecule has 0 amide bonds. The Labute approximate surface area is 199 Å². The van der Waals surface area contributed by atoms with E-state index >= 15 is 0 Å². The highest BCUT2D eigenvalue weighted by Crippen LogP contribution is 2.48. The Morgan fingerprint density at radius 1 is 0.353 bits per heavy atom. The molecule has 0 bridgehead atoms. The van der Waals surface area contributed by atoms with Crippen LogP contribution in [0.3, 0.4) is 0 Å². The Balaban J connectivity index is 1.67. The second-order valence-electron chi connectivity index (χ2n) is 9.35. The maximum Gasteiger partial charge on any atom is -0.00201 e. The van der Waals surface area contributed by atoms with E-state index in [4.69, 9.17) is 0 Å². The first-order valence-corrected chi connectivity index (χ1v) is 12.0. The van der Waals surface area contributed by atoms with E-state index in [1.807, 2.05) is 0 Å². The van der Waals surface area contributed by atoms with Crippen molar-refractivity contribution in [1.82, 2.24) is 0 Å². The van der Waals surface area contributed by atoms with Gasteiger partial charge in [0, 0.05) is 0 Å². The standard InChI is InChI=1S/C34H24/c1-21-22(2)25-19-20-31(30-18-10-17-24(21)33(25)30)34-28-15-8-6-13-26(28)32(23-11-4-3-5-12-23)27-14-7-9-16-29(27)34/h3-20H,1-2H3. The molecule has 0 aliphatic heterocycles. The van der Waals surface area contributed by atoms with Gasteiger partial charge in [0.2, 0.25) is 0 Å². The highest BCUT2D eigenvalue weighted by atomic mass is 14.3. The first kappa shape index (κ1) is 19.3. The third-order valence-electron chi connectivity index (χ3n) is 7.67. The Bertz CT molecular complexity index is 1720. The second kappa shape index (κ2) is 7.17. The van der Waals surface area contributed by atoms with Gasteiger partial charge in [-0.25, -0.2) is 0 Å². The van der Waals surface area contributed by atoms with Crippen molar-refractivity contribution >= 4 is 43.5 Å². The molecule has 0 radical (unpaired) electrons. The van der Waals surface area contributed by atoms with Crippen LogP contribution in [0.25, 0.3) is 65.7 Å². The molecular formula is C34H24. The Morgan fingerprint density at radius 2 is 0.824 bits per heavy atom. The van der Waals surface area contributed by atoms with E-state index in [0.717, 1.165) is 0 Å². The molecule has 0 unspecified atom stereocenters. The maximum atomic E-state index is 2.35. The summed E-state index contributed by atoms with van der Waals surface area (Å²) in [7, 11) is 0. The van der Waals surface area contributed by atoms with Crippen LogP contribution in [0.1, 0.15) is 25.0 Å². The number of hydrogen-bond donors (Lipinski definition) is 0. The summed E-state index contributed by atoms with van der Waals surface area (Å²) in [5, 5.41) is 7.96. The van der Waals surface area contributed by atoms with Gasteiger partial charge in [-0.1, -0.05) is 109 Å². The van der Waals surface area contributed by atoms with E-state index in [2.05, 4.69) is 123 Å². The van der Waals surface area contributed by atoms with Gasteiger partial charge in [0.15, 0.2) is 0 Å². The fraction of sp³-hybridized carbons (Fsp3) is 0.0588. The number of hydrogen-bond acceptors (Lipinski definition) is 0. The molecule has 7 rings (SSSR count). The number of allylic oxidation sites excluding steroid dienone is 2. The minimum atomic E-state index is 1.26. The zero-order valence-electron chi connectivity index (χ0n) is 19.4. The maximum absolute atomic E-state index is 2.35. The van der Waals surface area contributed by atoms with Gasteiger partial charge in [-0.2, -0.15) is 0 Å². The molecule has 0 aromatic heterocycles. The Morgan fingerprint density at radius 3 is 1.44 bits per heavy atom. The average Bonchev–Trinajstić information content (AvgIpc) is 3.14. The normalized spacial score (nSPS) is 12.9. The van der Waals surface area contributed by atoms with Gasteiger partial charge in [0.05, 0.1) is 0 Å². The molecule has 0 heteroatoms. The van der Waals surface area contributed by atoms with Crippen LogP contribution in [0.15, 0.2) is 109 Å². The van der Waals surface area contributed by atoms with Crippen molar-refractivity contribution in [2.45, 2.75) is 13.8 Å². The molecule has 1 aliphatic carbocycles. The first-order valence-electron chi connectivity index (χ1n) is 12.0. The van der Waals surface area contributed by atoms with Crippen molar-refractivity contribution in [3.63, 3.8) is 0 Å². The summed E-state index contributed by atoms with van der Waals surface area (Å²) in [5.41, 5.74) is 10.8. The predicted molar refractivity (Wildman–Crippen MR) is 148 cm³/mol. The summed E-state index contributed by atoms with van der Waals surface area (Å²) in [6.07, 6.45) is 0. The molecule has 0 saturated carbocycles. The first-order chi connectivity index (χ1) is 16.7. The van der Waals surface area contributed by atoms with Crippen LogP contribution >= 0.6 is 0 Å². The van der Waals surface area contributed by atoms with Crippen molar-refractivity contribution < 1.29 is 0 Å². The lowest BCUT2D eigenvalue weighted by Gasteiger charge is -2.19. The lowest BCUT2D eigenvalue weighted by Crippen LogP contribution is -1.92. The van der Waals surface area contributed by atoms with E-state index in [1.165, 1.54) is 76.8 Å². The van der Waals surface area contributed by atoms with Crippen LogP contribution in [-0.4, -0.2) is 0 Å². The molecule has 6 aromatic rings. The van der Waals surface area contributed by atoms with Crippen LogP contribution in [0.4, 0.5) is 0 Å². The molecular weight excluding hydrogens is 408 g/mol. The summed E-state index contributed by atoms with van der Waals surface area (Å²) in [5.74, 6) is 0. The average molecular weight is 433 g/mol. The molecule has 0 atom stereocenters. The van der Waals surface area contributed by atoms with Crippen LogP contribution in [0.2, 0.25) is 0 Å². The van der Waals surface area contributed by atoms with Gasteiger partial charge < -0.3 is 0 Å². The summed E-state index contributed by atoms with van der Waals surface area (Å²) in [6.45, 7) is 4.51. The SMILES string of the molecule is CC1=C(C)c2ccc(-c3c4ccccc4c(-c4ccccc4)c4ccccc34)c3cccc1c23. The highest BCUT2D eigenvalue weighted by Gasteiger charge is 2.23. The van der Waals surface area contributed by atoms with Crippen LogP contribution in [0.5, 0.6) is 0 Å². The molecule has 0 spiro atoms. The molecule has 1 aliphatic rings. The summed E-state index contributed by atoms with van der Waals surface area (Å²) in [6, 6.07) is 40.1. The number of rotatable bonds is 2. The molecule has 0 N–H and O–H groups in total. The van der Waals surface area contributed by atoms with E-state index < -0.39 is 0 Å².